The lowest BCUT2D eigenvalue weighted by atomic mass is 10.1. The quantitative estimate of drug-likeness (QED) is 0.614. The summed E-state index contributed by atoms with van der Waals surface area (Å²) in [5, 5.41) is 14.8. The second kappa shape index (κ2) is 7.35. The number of benzene rings is 1. The maximum absolute atomic E-state index is 12.1. The number of carbonyl (C=O) groups excluding carboxylic acids is 1. The van der Waals surface area contributed by atoms with Crippen molar-refractivity contribution in [1.29, 1.82) is 0 Å². The second-order valence-corrected chi connectivity index (χ2v) is 6.56. The van der Waals surface area contributed by atoms with Crippen LogP contribution in [0.3, 0.4) is 0 Å². The van der Waals surface area contributed by atoms with Crippen LogP contribution in [0.4, 0.5) is 10.6 Å². The summed E-state index contributed by atoms with van der Waals surface area (Å²) in [7, 11) is 0. The van der Waals surface area contributed by atoms with E-state index in [0.717, 1.165) is 27.2 Å². The molecule has 0 aliphatic heterocycles. The summed E-state index contributed by atoms with van der Waals surface area (Å²) < 4.78 is 0. The first-order valence-corrected chi connectivity index (χ1v) is 8.75. The van der Waals surface area contributed by atoms with Crippen LogP contribution in [0.2, 0.25) is 0 Å². The first-order chi connectivity index (χ1) is 11.7. The molecular weight excluding hydrogens is 322 g/mol. The number of nitrogens with one attached hydrogen (secondary N) is 3. The molecule has 124 valence electrons. The van der Waals surface area contributed by atoms with Gasteiger partial charge in [0.15, 0.2) is 0 Å². The lowest BCUT2D eigenvalue weighted by Gasteiger charge is -2.14. The van der Waals surface area contributed by atoms with Gasteiger partial charge in [0, 0.05) is 12.3 Å². The summed E-state index contributed by atoms with van der Waals surface area (Å²) in [6.45, 7) is 4.02. The van der Waals surface area contributed by atoms with Crippen molar-refractivity contribution >= 4 is 34.5 Å². The third-order valence-corrected chi connectivity index (χ3v) is 4.46. The Morgan fingerprint density at radius 3 is 2.88 bits per heavy atom. The number of amides is 2. The van der Waals surface area contributed by atoms with E-state index in [1.165, 1.54) is 0 Å². The summed E-state index contributed by atoms with van der Waals surface area (Å²) in [5.74, 6) is 1.43. The maximum atomic E-state index is 12.1. The molecule has 1 atom stereocenters. The van der Waals surface area contributed by atoms with Crippen molar-refractivity contribution in [3.8, 4) is 0 Å². The van der Waals surface area contributed by atoms with E-state index in [1.807, 2.05) is 37.3 Å². The van der Waals surface area contributed by atoms with Gasteiger partial charge in [-0.3, -0.25) is 10.4 Å². The Bertz CT molecular complexity index is 833. The number of nitrogens with zero attached hydrogens (tertiary/aromatic N) is 2. The van der Waals surface area contributed by atoms with Crippen molar-refractivity contribution in [2.24, 2.45) is 0 Å². The number of aromatic amines is 1. The molecular formula is C17H19N5OS. The normalized spacial score (nSPS) is 12.1. The molecule has 0 aliphatic carbocycles. The zero-order valence-electron chi connectivity index (χ0n) is 13.5. The van der Waals surface area contributed by atoms with Gasteiger partial charge < -0.3 is 5.32 Å². The molecule has 0 spiro atoms. The number of rotatable bonds is 5. The van der Waals surface area contributed by atoms with Crippen molar-refractivity contribution < 1.29 is 4.79 Å². The summed E-state index contributed by atoms with van der Waals surface area (Å²) >= 11 is 1.66. The molecule has 0 saturated heterocycles. The van der Waals surface area contributed by atoms with E-state index in [9.17, 15) is 4.79 Å². The third-order valence-electron chi connectivity index (χ3n) is 3.58. The Hall–Kier alpha value is -2.54. The molecule has 0 fully saturated rings. The summed E-state index contributed by atoms with van der Waals surface area (Å²) in [6, 6.07) is 11.2. The molecule has 0 radical (unpaired) electrons. The van der Waals surface area contributed by atoms with Gasteiger partial charge in [0.1, 0.15) is 10.8 Å². The number of carbonyl (C=O) groups is 1. The maximum Gasteiger partial charge on any atom is 0.320 e. The zero-order valence-corrected chi connectivity index (χ0v) is 14.4. The van der Waals surface area contributed by atoms with Gasteiger partial charge in [0.05, 0.1) is 16.9 Å². The van der Waals surface area contributed by atoms with E-state index in [0.29, 0.717) is 5.82 Å². The highest BCUT2D eigenvalue weighted by atomic mass is 32.2. The van der Waals surface area contributed by atoms with E-state index in [2.05, 4.69) is 32.7 Å². The van der Waals surface area contributed by atoms with Crippen LogP contribution in [0.25, 0.3) is 10.9 Å². The Labute approximate surface area is 144 Å². The molecule has 2 heterocycles. The minimum Gasteiger partial charge on any atom is -0.331 e. The average molecular weight is 341 g/mol. The number of pyridine rings is 1. The van der Waals surface area contributed by atoms with E-state index in [1.54, 1.807) is 24.0 Å². The minimum absolute atomic E-state index is 0.0883. The van der Waals surface area contributed by atoms with Gasteiger partial charge in [0.25, 0.3) is 0 Å². The van der Waals surface area contributed by atoms with E-state index in [-0.39, 0.29) is 12.1 Å². The van der Waals surface area contributed by atoms with Crippen LogP contribution in [-0.4, -0.2) is 27.0 Å². The second-order valence-electron chi connectivity index (χ2n) is 5.31. The van der Waals surface area contributed by atoms with Gasteiger partial charge in [0.2, 0.25) is 0 Å². The van der Waals surface area contributed by atoms with Gasteiger partial charge in [-0.05, 0) is 18.2 Å². The van der Waals surface area contributed by atoms with Crippen LogP contribution in [0.5, 0.6) is 0 Å². The predicted molar refractivity (Wildman–Crippen MR) is 97.3 cm³/mol. The van der Waals surface area contributed by atoms with Crippen LogP contribution in [0.15, 0.2) is 47.6 Å². The van der Waals surface area contributed by atoms with Crippen LogP contribution in [0.1, 0.15) is 25.5 Å². The number of hydrogen-bond donors (Lipinski definition) is 3. The summed E-state index contributed by atoms with van der Waals surface area (Å²) in [5.41, 5.74) is 1.90. The smallest absolute Gasteiger partial charge is 0.320 e. The van der Waals surface area contributed by atoms with Crippen molar-refractivity contribution in [2.75, 3.05) is 11.1 Å². The fourth-order valence-electron chi connectivity index (χ4n) is 2.38. The van der Waals surface area contributed by atoms with Gasteiger partial charge in [-0.1, -0.05) is 37.3 Å². The molecule has 0 unspecified atom stereocenters. The fourth-order valence-corrected chi connectivity index (χ4v) is 3.08. The molecule has 2 aromatic heterocycles. The Balaban J connectivity index is 1.67. The standard InChI is InChI=1S/C17H19N5OS/c1-3-24-16-13-10-18-15(9-14(13)21-22-16)20-17(23)19-11(2)12-7-5-4-6-8-12/h4-11H,3H2,1-2H3,(H,21,22)(H2,18,19,20,23)/t11-/m1/s1. The SMILES string of the molecule is CCSc1n[nH]c2cc(NC(=O)N[C@H](C)c3ccccc3)ncc12. The lowest BCUT2D eigenvalue weighted by Crippen LogP contribution is -2.31. The van der Waals surface area contributed by atoms with E-state index in [4.69, 9.17) is 0 Å². The summed E-state index contributed by atoms with van der Waals surface area (Å²) in [6.07, 6.45) is 1.73. The molecule has 0 saturated carbocycles. The number of urea groups is 1. The molecule has 2 amide bonds. The lowest BCUT2D eigenvalue weighted by molar-refractivity contribution is 0.249. The monoisotopic (exact) mass is 341 g/mol. The first kappa shape index (κ1) is 16.3. The predicted octanol–water partition coefficient (Wildman–Crippen LogP) is 3.95. The first-order valence-electron chi connectivity index (χ1n) is 7.76. The number of anilines is 1. The molecule has 3 rings (SSSR count). The van der Waals surface area contributed by atoms with E-state index >= 15 is 0 Å². The molecule has 7 heteroatoms. The largest absolute Gasteiger partial charge is 0.331 e. The van der Waals surface area contributed by atoms with Gasteiger partial charge in [-0.2, -0.15) is 5.10 Å². The Morgan fingerprint density at radius 2 is 2.12 bits per heavy atom. The highest BCUT2D eigenvalue weighted by Gasteiger charge is 2.11. The number of fused-ring (bicyclic) bond motifs is 1. The molecule has 3 aromatic rings. The topological polar surface area (TPSA) is 82.7 Å². The van der Waals surface area contributed by atoms with Crippen LogP contribution < -0.4 is 10.6 Å². The molecule has 6 nitrogen and oxygen atoms in total. The molecule has 0 aliphatic rings. The highest BCUT2D eigenvalue weighted by Crippen LogP contribution is 2.25. The van der Waals surface area contributed by atoms with Crippen molar-refractivity contribution in [3.05, 3.63) is 48.2 Å². The molecule has 1 aromatic carbocycles. The molecule has 0 bridgehead atoms. The fraction of sp³-hybridized carbons (Fsp3) is 0.235. The zero-order chi connectivity index (χ0) is 16.9. The number of hydrogen-bond acceptors (Lipinski definition) is 4. The molecule has 3 N–H and O–H groups in total. The average Bonchev–Trinajstić information content (AvgIpc) is 2.98. The van der Waals surface area contributed by atoms with Gasteiger partial charge in [-0.15, -0.1) is 11.8 Å². The highest BCUT2D eigenvalue weighted by molar-refractivity contribution is 7.99. The van der Waals surface area contributed by atoms with Crippen LogP contribution >= 0.6 is 11.8 Å². The van der Waals surface area contributed by atoms with E-state index < -0.39 is 0 Å². The van der Waals surface area contributed by atoms with Crippen LogP contribution in [-0.2, 0) is 0 Å². The van der Waals surface area contributed by atoms with Gasteiger partial charge in [-0.25, -0.2) is 9.78 Å². The minimum atomic E-state index is -0.291. The molecule has 24 heavy (non-hydrogen) atoms. The van der Waals surface area contributed by atoms with Crippen molar-refractivity contribution in [3.63, 3.8) is 0 Å². The van der Waals surface area contributed by atoms with Gasteiger partial charge >= 0.3 is 6.03 Å². The summed E-state index contributed by atoms with van der Waals surface area (Å²) in [4.78, 5) is 16.4. The Kier molecular flexibility index (Phi) is 5.00. The number of aromatic nitrogens is 3. The van der Waals surface area contributed by atoms with Crippen LogP contribution in [0, 0.1) is 0 Å². The Morgan fingerprint density at radius 1 is 1.33 bits per heavy atom. The third kappa shape index (κ3) is 3.68. The van der Waals surface area contributed by atoms with Crippen molar-refractivity contribution in [2.45, 2.75) is 24.9 Å². The number of thioether (sulfide) groups is 1. The number of H-pyrrole nitrogens is 1. The van der Waals surface area contributed by atoms with Crippen molar-refractivity contribution in [1.82, 2.24) is 20.5 Å².